The van der Waals surface area contributed by atoms with Crippen molar-refractivity contribution < 1.29 is 19.1 Å². The lowest BCUT2D eigenvalue weighted by Crippen LogP contribution is -2.56. The Kier molecular flexibility index (Phi) is 9.15. The maximum absolute atomic E-state index is 13.3. The average Bonchev–Trinajstić information content (AvgIpc) is 3.55. The molecule has 2 N–H and O–H groups in total. The second kappa shape index (κ2) is 13.8. The highest BCUT2D eigenvalue weighted by atomic mass is 16.5. The van der Waals surface area contributed by atoms with Crippen molar-refractivity contribution in [3.63, 3.8) is 0 Å². The third-order valence-corrected chi connectivity index (χ3v) is 9.91. The van der Waals surface area contributed by atoms with Crippen molar-refractivity contribution in [3.8, 4) is 0 Å². The highest BCUT2D eigenvalue weighted by molar-refractivity contribution is 6.04. The number of carbonyl (C=O) groups excluding carboxylic acids is 3. The molecular weight excluding hydrogens is 620 g/mol. The molecule has 0 unspecified atom stereocenters. The number of nitrogens with one attached hydrogen (secondary N) is 2. The van der Waals surface area contributed by atoms with Crippen LogP contribution in [0.15, 0.2) is 73.1 Å². The number of fused-ring (bicyclic) bond motifs is 2. The summed E-state index contributed by atoms with van der Waals surface area (Å²) in [6.45, 7) is 5.57. The predicted octanol–water partition coefficient (Wildman–Crippen LogP) is 3.89. The number of morpholine rings is 1. The zero-order valence-electron chi connectivity index (χ0n) is 28.0. The highest BCUT2D eigenvalue weighted by Crippen LogP contribution is 2.49. The van der Waals surface area contributed by atoms with Crippen LogP contribution in [0.5, 0.6) is 0 Å². The molecule has 4 heterocycles. The van der Waals surface area contributed by atoms with Crippen LogP contribution in [0, 0.1) is 0 Å². The Bertz CT molecular complexity index is 1810. The maximum Gasteiger partial charge on any atom is 0.287 e. The molecule has 1 saturated carbocycles. The monoisotopic (exact) mass is 662 g/mol. The minimum Gasteiger partial charge on any atom is -0.378 e. The number of hydrogen-bond acceptors (Lipinski definition) is 8. The van der Waals surface area contributed by atoms with E-state index in [9.17, 15) is 14.4 Å². The van der Waals surface area contributed by atoms with Crippen LogP contribution in [0.3, 0.4) is 0 Å². The zero-order valence-corrected chi connectivity index (χ0v) is 28.0. The maximum atomic E-state index is 13.3. The Morgan fingerprint density at radius 3 is 2.22 bits per heavy atom. The van der Waals surface area contributed by atoms with Gasteiger partial charge in [-0.1, -0.05) is 12.1 Å². The molecule has 12 nitrogen and oxygen atoms in total. The van der Waals surface area contributed by atoms with Crippen LogP contribution < -0.4 is 15.5 Å². The number of carbonyl (C=O) groups is 3. The second-order valence-electron chi connectivity index (χ2n) is 13.1. The van der Waals surface area contributed by atoms with E-state index in [1.54, 1.807) is 37.3 Å². The summed E-state index contributed by atoms with van der Waals surface area (Å²) in [7, 11) is 3.51. The third-order valence-electron chi connectivity index (χ3n) is 9.91. The molecule has 2 fully saturated rings. The van der Waals surface area contributed by atoms with Gasteiger partial charge in [0, 0.05) is 63.6 Å². The van der Waals surface area contributed by atoms with Crippen molar-refractivity contribution in [2.75, 3.05) is 57.2 Å². The van der Waals surface area contributed by atoms with Gasteiger partial charge < -0.3 is 29.7 Å². The molecule has 0 atom stereocenters. The molecule has 0 bridgehead atoms. The number of benzene rings is 2. The first-order valence-electron chi connectivity index (χ1n) is 16.9. The molecule has 2 aliphatic heterocycles. The second-order valence-corrected chi connectivity index (χ2v) is 13.1. The Morgan fingerprint density at radius 2 is 1.57 bits per heavy atom. The van der Waals surface area contributed by atoms with Crippen LogP contribution >= 0.6 is 0 Å². The average molecular weight is 663 g/mol. The first-order valence-corrected chi connectivity index (χ1v) is 16.9. The summed E-state index contributed by atoms with van der Waals surface area (Å²) in [6, 6.07) is 19.0. The number of rotatable bonds is 9. The Hall–Kier alpha value is -5.07. The fourth-order valence-electron chi connectivity index (χ4n) is 7.00. The molecule has 12 heteroatoms. The fraction of sp³-hybridized carbons (Fsp3) is 0.378. The molecule has 2 aromatic heterocycles. The molecular formula is C37H42N8O4. The lowest BCUT2D eigenvalue weighted by molar-refractivity contribution is -0.0217. The number of imidazole rings is 1. The van der Waals surface area contributed by atoms with E-state index < -0.39 is 0 Å². The highest BCUT2D eigenvalue weighted by Gasteiger charge is 2.49. The molecule has 4 aromatic rings. The van der Waals surface area contributed by atoms with Crippen molar-refractivity contribution >= 4 is 29.1 Å². The summed E-state index contributed by atoms with van der Waals surface area (Å²) in [5.41, 5.74) is 5.67. The smallest absolute Gasteiger partial charge is 0.287 e. The number of hydrogen-bond donors (Lipinski definition) is 2. The normalized spacial score (nSPS) is 16.8. The van der Waals surface area contributed by atoms with Crippen molar-refractivity contribution in [1.29, 1.82) is 0 Å². The Balaban J connectivity index is 0.941. The van der Waals surface area contributed by atoms with Crippen molar-refractivity contribution in [1.82, 2.24) is 29.7 Å². The minimum atomic E-state index is -0.241. The number of nitrogens with zero attached hydrogens (tertiary/aromatic N) is 6. The van der Waals surface area contributed by atoms with Gasteiger partial charge in [-0.05, 0) is 73.4 Å². The summed E-state index contributed by atoms with van der Waals surface area (Å²) >= 11 is 0. The van der Waals surface area contributed by atoms with Gasteiger partial charge in [-0.15, -0.1) is 0 Å². The van der Waals surface area contributed by atoms with Crippen molar-refractivity contribution in [3.05, 3.63) is 107 Å². The van der Waals surface area contributed by atoms with Gasteiger partial charge in [-0.3, -0.25) is 24.3 Å². The lowest BCUT2D eigenvalue weighted by Gasteiger charge is -2.53. The van der Waals surface area contributed by atoms with Gasteiger partial charge in [0.15, 0.2) is 5.82 Å². The molecule has 49 heavy (non-hydrogen) atoms. The molecule has 7 rings (SSSR count). The quantitative estimate of drug-likeness (QED) is 0.277. The summed E-state index contributed by atoms with van der Waals surface area (Å²) in [6.07, 6.45) is 6.63. The van der Waals surface area contributed by atoms with Crippen LogP contribution in [-0.4, -0.2) is 89.0 Å². The molecule has 2 aromatic carbocycles. The van der Waals surface area contributed by atoms with Gasteiger partial charge in [-0.25, -0.2) is 4.98 Å². The van der Waals surface area contributed by atoms with E-state index in [4.69, 9.17) is 4.74 Å². The standard InChI is InChI=1S/C37H42N8O4/c1-42(2)36(48)28-6-4-26(5-7-28)25-44-16-17-45-32(37(44)14-3-15-37)24-39-33(45)35(47)40-22-29-10-11-30(23-38-29)41-34(46)27-8-12-31(13-9-27)43-18-20-49-21-19-43/h4-13,23-24H,3,14-22,25H2,1-2H3,(H,40,47)(H,41,46). The molecule has 254 valence electrons. The Labute approximate surface area is 286 Å². The van der Waals surface area contributed by atoms with Crippen molar-refractivity contribution in [2.24, 2.45) is 0 Å². The van der Waals surface area contributed by atoms with E-state index in [0.717, 1.165) is 62.4 Å². The van der Waals surface area contributed by atoms with Gasteiger partial charge in [-0.2, -0.15) is 0 Å². The number of amides is 3. The van der Waals surface area contributed by atoms with Crippen LogP contribution in [0.1, 0.15) is 67.5 Å². The van der Waals surface area contributed by atoms with E-state index in [1.165, 1.54) is 0 Å². The minimum absolute atomic E-state index is 0.00614. The van der Waals surface area contributed by atoms with Gasteiger partial charge in [0.25, 0.3) is 17.7 Å². The van der Waals surface area contributed by atoms with Gasteiger partial charge in [0.1, 0.15) is 0 Å². The molecule has 1 saturated heterocycles. The van der Waals surface area contributed by atoms with Gasteiger partial charge in [0.05, 0.1) is 54.8 Å². The molecule has 1 aliphatic carbocycles. The van der Waals surface area contributed by atoms with E-state index in [0.29, 0.717) is 48.1 Å². The first-order chi connectivity index (χ1) is 23.8. The summed E-state index contributed by atoms with van der Waals surface area (Å²) in [4.78, 5) is 53.9. The number of anilines is 2. The fourth-order valence-corrected chi connectivity index (χ4v) is 7.00. The van der Waals surface area contributed by atoms with Gasteiger partial charge in [0.2, 0.25) is 0 Å². The van der Waals surface area contributed by atoms with Crippen LogP contribution in [0.25, 0.3) is 0 Å². The summed E-state index contributed by atoms with van der Waals surface area (Å²) < 4.78 is 7.49. The molecule has 3 aliphatic rings. The predicted molar refractivity (Wildman–Crippen MR) is 185 cm³/mol. The Morgan fingerprint density at radius 1 is 0.837 bits per heavy atom. The zero-order chi connectivity index (χ0) is 34.0. The third kappa shape index (κ3) is 6.66. The largest absolute Gasteiger partial charge is 0.378 e. The summed E-state index contributed by atoms with van der Waals surface area (Å²) in [5.74, 6) is -0.0444. The van der Waals surface area contributed by atoms with Gasteiger partial charge >= 0.3 is 0 Å². The first kappa shape index (κ1) is 32.5. The topological polar surface area (TPSA) is 125 Å². The number of ether oxygens (including phenoxy) is 1. The SMILES string of the molecule is CN(C)C(=O)c1ccc(CN2CCn3c(cnc3C(=O)NCc3ccc(NC(=O)c4ccc(N5CCOCC5)cc4)cn3)C23CCC3)cc1. The molecule has 1 spiro atoms. The molecule has 3 amide bonds. The van der Waals surface area contributed by atoms with Crippen molar-refractivity contribution in [2.45, 2.75) is 44.4 Å². The molecule has 0 radical (unpaired) electrons. The number of aromatic nitrogens is 3. The van der Waals surface area contributed by atoms with Crippen LogP contribution in [0.2, 0.25) is 0 Å². The van der Waals surface area contributed by atoms with Crippen LogP contribution in [0.4, 0.5) is 11.4 Å². The lowest BCUT2D eigenvalue weighted by atomic mass is 9.72. The van der Waals surface area contributed by atoms with E-state index >= 15 is 0 Å². The van der Waals surface area contributed by atoms with E-state index in [-0.39, 0.29) is 29.8 Å². The van der Waals surface area contributed by atoms with Crippen LogP contribution in [-0.2, 0) is 29.9 Å². The number of pyridine rings is 1. The van der Waals surface area contributed by atoms with E-state index in [1.807, 2.05) is 54.7 Å². The van der Waals surface area contributed by atoms with E-state index in [2.05, 4.69) is 35.0 Å². The summed E-state index contributed by atoms with van der Waals surface area (Å²) in [5, 5.41) is 5.88.